The van der Waals surface area contributed by atoms with Crippen LogP contribution in [-0.2, 0) is 9.59 Å². The summed E-state index contributed by atoms with van der Waals surface area (Å²) in [5.74, 6) is -0.875. The Bertz CT molecular complexity index is 543. The summed E-state index contributed by atoms with van der Waals surface area (Å²) in [5, 5.41) is 0. The van der Waals surface area contributed by atoms with Crippen LogP contribution in [0.15, 0.2) is 12.1 Å². The normalized spacial score (nSPS) is 10.2. The van der Waals surface area contributed by atoms with Crippen LogP contribution in [0.2, 0.25) is 0 Å². The van der Waals surface area contributed by atoms with E-state index in [9.17, 15) is 19.2 Å². The number of hydrogen-bond acceptors (Lipinski definition) is 4. The maximum atomic E-state index is 11.9. The Kier molecular flexibility index (Phi) is 5.08. The molecule has 1 aromatic carbocycles. The zero-order chi connectivity index (χ0) is 15.4. The molecule has 0 fully saturated rings. The second-order valence-electron chi connectivity index (χ2n) is 5.09. The summed E-state index contributed by atoms with van der Waals surface area (Å²) in [7, 11) is 0. The van der Waals surface area contributed by atoms with Crippen molar-refractivity contribution in [3.8, 4) is 0 Å². The van der Waals surface area contributed by atoms with E-state index >= 15 is 0 Å². The molecule has 0 aromatic heterocycles. The fourth-order valence-electron chi connectivity index (χ4n) is 2.06. The van der Waals surface area contributed by atoms with Gasteiger partial charge in [-0.15, -0.1) is 0 Å². The van der Waals surface area contributed by atoms with Crippen LogP contribution in [0.1, 0.15) is 58.5 Å². The van der Waals surface area contributed by atoms with Crippen molar-refractivity contribution < 1.29 is 19.2 Å². The molecule has 0 unspecified atom stereocenters. The Morgan fingerprint density at radius 2 is 1.05 bits per heavy atom. The predicted molar refractivity (Wildman–Crippen MR) is 75.2 cm³/mol. The Balaban J connectivity index is 3.15. The minimum atomic E-state index is -0.247. The van der Waals surface area contributed by atoms with E-state index in [2.05, 4.69) is 0 Å². The maximum Gasteiger partial charge on any atom is 0.170 e. The van der Waals surface area contributed by atoms with Crippen LogP contribution in [0, 0.1) is 13.8 Å². The summed E-state index contributed by atoms with van der Waals surface area (Å²) in [6.45, 7) is 6.17. The first-order valence-electron chi connectivity index (χ1n) is 6.39. The lowest BCUT2D eigenvalue weighted by Crippen LogP contribution is -2.11. The van der Waals surface area contributed by atoms with Gasteiger partial charge in [0, 0.05) is 11.1 Å². The topological polar surface area (TPSA) is 68.3 Å². The molecule has 0 saturated heterocycles. The van der Waals surface area contributed by atoms with Gasteiger partial charge in [-0.3, -0.25) is 19.2 Å². The zero-order valence-electron chi connectivity index (χ0n) is 12.2. The fraction of sp³-hybridized carbons (Fsp3) is 0.375. The maximum absolute atomic E-state index is 11.9. The third-order valence-electron chi connectivity index (χ3n) is 2.99. The molecule has 0 heterocycles. The van der Waals surface area contributed by atoms with E-state index in [0.717, 1.165) is 0 Å². The summed E-state index contributed by atoms with van der Waals surface area (Å²) in [6.07, 6.45) is -0.276. The monoisotopic (exact) mass is 274 g/mol. The molecular weight excluding hydrogens is 256 g/mol. The molecule has 0 aliphatic heterocycles. The Morgan fingerprint density at radius 3 is 1.30 bits per heavy atom. The van der Waals surface area contributed by atoms with Crippen LogP contribution in [0.3, 0.4) is 0 Å². The van der Waals surface area contributed by atoms with Crippen LogP contribution >= 0.6 is 0 Å². The van der Waals surface area contributed by atoms with E-state index in [1.54, 1.807) is 26.0 Å². The molecule has 0 radical (unpaired) electrons. The van der Waals surface area contributed by atoms with E-state index in [-0.39, 0.29) is 36.0 Å². The van der Waals surface area contributed by atoms with Crippen molar-refractivity contribution in [1.29, 1.82) is 0 Å². The van der Waals surface area contributed by atoms with Gasteiger partial charge in [-0.2, -0.15) is 0 Å². The summed E-state index contributed by atoms with van der Waals surface area (Å²) >= 11 is 0. The van der Waals surface area contributed by atoms with Crippen LogP contribution in [0.4, 0.5) is 0 Å². The van der Waals surface area contributed by atoms with E-state index in [1.165, 1.54) is 13.8 Å². The summed E-state index contributed by atoms with van der Waals surface area (Å²) < 4.78 is 0. The number of Topliss-reactive ketones (excluding diaryl/α,β-unsaturated/α-hetero) is 4. The number of benzene rings is 1. The van der Waals surface area contributed by atoms with E-state index in [4.69, 9.17) is 0 Å². The number of rotatable bonds is 6. The molecular formula is C16H18O4. The second-order valence-corrected chi connectivity index (χ2v) is 5.09. The van der Waals surface area contributed by atoms with Gasteiger partial charge in [0.05, 0.1) is 12.8 Å². The first-order valence-corrected chi connectivity index (χ1v) is 6.39. The average Bonchev–Trinajstić information content (AvgIpc) is 2.29. The van der Waals surface area contributed by atoms with Crippen molar-refractivity contribution in [3.05, 3.63) is 34.4 Å². The van der Waals surface area contributed by atoms with Gasteiger partial charge in [0.15, 0.2) is 11.6 Å². The highest BCUT2D eigenvalue weighted by Crippen LogP contribution is 2.19. The Labute approximate surface area is 118 Å². The van der Waals surface area contributed by atoms with Crippen molar-refractivity contribution in [2.24, 2.45) is 0 Å². The summed E-state index contributed by atoms with van der Waals surface area (Å²) in [4.78, 5) is 45.9. The van der Waals surface area contributed by atoms with Gasteiger partial charge >= 0.3 is 0 Å². The summed E-state index contributed by atoms with van der Waals surface area (Å²) in [6, 6.07) is 3.24. The largest absolute Gasteiger partial charge is 0.300 e. The third-order valence-corrected chi connectivity index (χ3v) is 2.99. The highest BCUT2D eigenvalue weighted by atomic mass is 16.2. The molecule has 4 heteroatoms. The lowest BCUT2D eigenvalue weighted by molar-refractivity contribution is -0.117. The molecule has 4 nitrogen and oxygen atoms in total. The molecule has 0 amide bonds. The third kappa shape index (κ3) is 3.95. The molecule has 106 valence electrons. The number of carbonyl (C=O) groups excluding carboxylic acids is 4. The zero-order valence-corrected chi connectivity index (χ0v) is 12.2. The van der Waals surface area contributed by atoms with Crippen LogP contribution in [0.5, 0.6) is 0 Å². The molecule has 0 atom stereocenters. The van der Waals surface area contributed by atoms with Gasteiger partial charge in [0.1, 0.15) is 11.6 Å². The van der Waals surface area contributed by atoms with Gasteiger partial charge in [-0.1, -0.05) is 0 Å². The van der Waals surface area contributed by atoms with Gasteiger partial charge < -0.3 is 0 Å². The first-order chi connectivity index (χ1) is 9.22. The smallest absolute Gasteiger partial charge is 0.170 e. The molecule has 1 aromatic rings. The fourth-order valence-corrected chi connectivity index (χ4v) is 2.06. The number of hydrogen-bond donors (Lipinski definition) is 0. The molecule has 0 N–H and O–H groups in total. The minimum Gasteiger partial charge on any atom is -0.300 e. The molecule has 0 aliphatic carbocycles. The number of ketones is 4. The van der Waals surface area contributed by atoms with Crippen molar-refractivity contribution in [2.75, 3.05) is 0 Å². The van der Waals surface area contributed by atoms with Gasteiger partial charge in [-0.25, -0.2) is 0 Å². The van der Waals surface area contributed by atoms with Crippen molar-refractivity contribution in [3.63, 3.8) is 0 Å². The van der Waals surface area contributed by atoms with Crippen molar-refractivity contribution in [1.82, 2.24) is 0 Å². The van der Waals surface area contributed by atoms with E-state index in [0.29, 0.717) is 22.3 Å². The SMILES string of the molecule is CC(=O)CC(=O)c1cc(C)c(C(=O)CC(C)=O)cc1C. The van der Waals surface area contributed by atoms with Crippen LogP contribution in [-0.4, -0.2) is 23.1 Å². The molecule has 0 aliphatic rings. The highest BCUT2D eigenvalue weighted by molar-refractivity contribution is 6.11. The standard InChI is InChI=1S/C16H18O4/c1-9-5-14(16(20)8-12(4)18)10(2)6-13(9)15(19)7-11(3)17/h5-6H,7-8H2,1-4H3. The molecule has 0 saturated carbocycles. The molecule has 1 rings (SSSR count). The quantitative estimate of drug-likeness (QED) is 0.590. The predicted octanol–water partition coefficient (Wildman–Crippen LogP) is 2.63. The lowest BCUT2D eigenvalue weighted by atomic mass is 9.93. The first kappa shape index (κ1) is 16.0. The van der Waals surface area contributed by atoms with Gasteiger partial charge in [0.2, 0.25) is 0 Å². The summed E-state index contributed by atoms with van der Waals surface area (Å²) in [5.41, 5.74) is 2.21. The molecule has 20 heavy (non-hydrogen) atoms. The van der Waals surface area contributed by atoms with Gasteiger partial charge in [0.25, 0.3) is 0 Å². The minimum absolute atomic E-state index is 0.138. The van der Waals surface area contributed by atoms with Crippen LogP contribution < -0.4 is 0 Å². The molecule has 0 bridgehead atoms. The highest BCUT2D eigenvalue weighted by Gasteiger charge is 2.17. The lowest BCUT2D eigenvalue weighted by Gasteiger charge is -2.10. The van der Waals surface area contributed by atoms with E-state index < -0.39 is 0 Å². The van der Waals surface area contributed by atoms with Crippen LogP contribution in [0.25, 0.3) is 0 Å². The average molecular weight is 274 g/mol. The van der Waals surface area contributed by atoms with E-state index in [1.807, 2.05) is 0 Å². The Morgan fingerprint density at radius 1 is 0.750 bits per heavy atom. The second kappa shape index (κ2) is 6.37. The van der Waals surface area contributed by atoms with Crippen molar-refractivity contribution >= 4 is 23.1 Å². The Hall–Kier alpha value is -2.10. The van der Waals surface area contributed by atoms with Gasteiger partial charge in [-0.05, 0) is 51.0 Å². The number of aryl methyl sites for hydroxylation is 2. The number of carbonyl (C=O) groups is 4. The molecule has 0 spiro atoms. The van der Waals surface area contributed by atoms with Crippen molar-refractivity contribution in [2.45, 2.75) is 40.5 Å².